The number of benzene rings is 2. The maximum absolute atomic E-state index is 13.5. The van der Waals surface area contributed by atoms with Crippen LogP contribution in [0.2, 0.25) is 0 Å². The Labute approximate surface area is 282 Å². The summed E-state index contributed by atoms with van der Waals surface area (Å²) >= 11 is 0. The molecular weight excluding hydrogens is 618 g/mol. The number of methoxy groups -OCH3 is 1. The Morgan fingerprint density at radius 2 is 1.77 bits per heavy atom. The lowest BCUT2D eigenvalue weighted by Gasteiger charge is -2.30. The molecule has 1 heterocycles. The molecule has 262 valence electrons. The number of amides is 5. The molecule has 1 aliphatic rings. The number of carbonyl (C=O) groups excluding carboxylic acids is 5. The number of fused-ring (bicyclic) bond motifs is 1. The number of hydrogen-bond donors (Lipinski definition) is 5. The van der Waals surface area contributed by atoms with E-state index in [0.29, 0.717) is 30.9 Å². The third-order valence-electron chi connectivity index (χ3n) is 7.75. The summed E-state index contributed by atoms with van der Waals surface area (Å²) < 4.78 is 16.9. The molecule has 0 spiro atoms. The van der Waals surface area contributed by atoms with Crippen molar-refractivity contribution in [1.82, 2.24) is 26.6 Å². The average Bonchev–Trinajstić information content (AvgIpc) is 3.03. The van der Waals surface area contributed by atoms with Gasteiger partial charge < -0.3 is 40.8 Å². The highest BCUT2D eigenvalue weighted by Crippen LogP contribution is 2.28. The van der Waals surface area contributed by atoms with Crippen molar-refractivity contribution in [3.05, 3.63) is 53.6 Å². The van der Waals surface area contributed by atoms with Crippen molar-refractivity contribution in [2.75, 3.05) is 26.9 Å². The van der Waals surface area contributed by atoms with E-state index in [1.165, 1.54) is 13.8 Å². The molecule has 3 rings (SSSR count). The van der Waals surface area contributed by atoms with Gasteiger partial charge in [-0.15, -0.1) is 0 Å². The largest absolute Gasteiger partial charge is 0.493 e. The minimum absolute atomic E-state index is 0.0322. The van der Waals surface area contributed by atoms with E-state index in [1.807, 2.05) is 25.1 Å². The first-order valence-corrected chi connectivity index (χ1v) is 16.3. The molecule has 2 aromatic rings. The summed E-state index contributed by atoms with van der Waals surface area (Å²) in [4.78, 5) is 66.6. The Hall–Kier alpha value is -4.81. The third-order valence-corrected chi connectivity index (χ3v) is 7.75. The number of nitrogens with one attached hydrogen (secondary N) is 5. The van der Waals surface area contributed by atoms with Gasteiger partial charge in [0.05, 0.1) is 31.7 Å². The molecule has 0 fully saturated rings. The number of para-hydroxylation sites is 1. The van der Waals surface area contributed by atoms with Gasteiger partial charge in [-0.1, -0.05) is 32.0 Å². The van der Waals surface area contributed by atoms with Crippen molar-refractivity contribution in [3.8, 4) is 17.2 Å². The van der Waals surface area contributed by atoms with Gasteiger partial charge in [0.15, 0.2) is 11.5 Å². The van der Waals surface area contributed by atoms with Crippen molar-refractivity contribution in [2.24, 2.45) is 5.92 Å². The maximum Gasteiger partial charge on any atom is 0.255 e. The maximum atomic E-state index is 13.5. The van der Waals surface area contributed by atoms with Gasteiger partial charge in [0.25, 0.3) is 5.91 Å². The third kappa shape index (κ3) is 10.6. The summed E-state index contributed by atoms with van der Waals surface area (Å²) in [6, 6.07) is 9.52. The second-order valence-electron chi connectivity index (χ2n) is 12.6. The van der Waals surface area contributed by atoms with Gasteiger partial charge in [0, 0.05) is 6.54 Å². The van der Waals surface area contributed by atoms with Crippen molar-refractivity contribution < 1.29 is 38.2 Å². The fraction of sp³-hybridized carbons (Fsp3) is 0.514. The molecule has 0 saturated carbocycles. The lowest BCUT2D eigenvalue weighted by atomic mass is 9.98. The van der Waals surface area contributed by atoms with Gasteiger partial charge in [-0.3, -0.25) is 24.0 Å². The molecule has 0 radical (unpaired) electrons. The van der Waals surface area contributed by atoms with Crippen LogP contribution < -0.4 is 40.8 Å². The molecule has 0 bridgehead atoms. The fourth-order valence-corrected chi connectivity index (χ4v) is 5.08. The lowest BCUT2D eigenvalue weighted by molar-refractivity contribution is -0.136. The first kappa shape index (κ1) is 37.6. The Morgan fingerprint density at radius 1 is 1.04 bits per heavy atom. The van der Waals surface area contributed by atoms with E-state index >= 15 is 0 Å². The zero-order valence-corrected chi connectivity index (χ0v) is 28.9. The van der Waals surface area contributed by atoms with E-state index in [2.05, 4.69) is 26.6 Å². The molecule has 5 amide bonds. The lowest BCUT2D eigenvalue weighted by Crippen LogP contribution is -2.61. The molecule has 0 unspecified atom stereocenters. The number of rotatable bonds is 9. The number of ether oxygens (including phenoxy) is 3. The Kier molecular flexibility index (Phi) is 13.6. The van der Waals surface area contributed by atoms with Crippen LogP contribution in [0, 0.1) is 5.92 Å². The van der Waals surface area contributed by atoms with Gasteiger partial charge in [0.1, 0.15) is 30.0 Å². The number of aryl methyl sites for hydroxylation is 1. The van der Waals surface area contributed by atoms with Crippen molar-refractivity contribution in [2.45, 2.75) is 84.5 Å². The normalized spacial score (nSPS) is 20.5. The summed E-state index contributed by atoms with van der Waals surface area (Å²) in [5, 5.41) is 13.7. The molecule has 2 aromatic carbocycles. The van der Waals surface area contributed by atoms with E-state index < -0.39 is 59.6 Å². The van der Waals surface area contributed by atoms with Gasteiger partial charge in [-0.25, -0.2) is 0 Å². The Bertz CT molecular complexity index is 1460. The van der Waals surface area contributed by atoms with Crippen molar-refractivity contribution in [3.63, 3.8) is 0 Å². The summed E-state index contributed by atoms with van der Waals surface area (Å²) in [5.41, 5.74) is -0.301. The zero-order chi connectivity index (χ0) is 35.4. The molecule has 0 aromatic heterocycles. The highest BCUT2D eigenvalue weighted by molar-refractivity contribution is 6.01. The molecule has 3 atom stereocenters. The molecule has 5 N–H and O–H groups in total. The van der Waals surface area contributed by atoms with Crippen LogP contribution in [-0.2, 0) is 25.6 Å². The highest BCUT2D eigenvalue weighted by Gasteiger charge is 2.36. The second-order valence-corrected chi connectivity index (χ2v) is 12.6. The van der Waals surface area contributed by atoms with Gasteiger partial charge in [-0.05, 0) is 76.3 Å². The molecule has 13 nitrogen and oxygen atoms in total. The predicted octanol–water partition coefficient (Wildman–Crippen LogP) is 2.26. The number of hydrogen-bond acceptors (Lipinski definition) is 8. The van der Waals surface area contributed by atoms with Crippen LogP contribution in [0.5, 0.6) is 17.2 Å². The minimum Gasteiger partial charge on any atom is -0.493 e. The van der Waals surface area contributed by atoms with Crippen LogP contribution in [0.4, 0.5) is 0 Å². The molecule has 0 aliphatic carbocycles. The van der Waals surface area contributed by atoms with Crippen LogP contribution in [0.3, 0.4) is 0 Å². The van der Waals surface area contributed by atoms with Crippen molar-refractivity contribution >= 4 is 29.5 Å². The first-order valence-electron chi connectivity index (χ1n) is 16.3. The van der Waals surface area contributed by atoms with E-state index in [1.54, 1.807) is 52.1 Å². The molecular formula is C35H49N5O8. The summed E-state index contributed by atoms with van der Waals surface area (Å²) in [5.74, 6) is -1.59. The Balaban J connectivity index is 1.81. The van der Waals surface area contributed by atoms with Crippen molar-refractivity contribution in [1.29, 1.82) is 0 Å². The highest BCUT2D eigenvalue weighted by atomic mass is 16.5. The smallest absolute Gasteiger partial charge is 0.255 e. The summed E-state index contributed by atoms with van der Waals surface area (Å²) in [6.07, 6.45) is 0.752. The minimum atomic E-state index is -1.44. The summed E-state index contributed by atoms with van der Waals surface area (Å²) in [6.45, 7) is 11.0. The van der Waals surface area contributed by atoms with Gasteiger partial charge >= 0.3 is 0 Å². The van der Waals surface area contributed by atoms with Crippen LogP contribution in [0.15, 0.2) is 42.5 Å². The molecule has 48 heavy (non-hydrogen) atoms. The van der Waals surface area contributed by atoms with Crippen LogP contribution in [0.25, 0.3) is 0 Å². The average molecular weight is 668 g/mol. The first-order chi connectivity index (χ1) is 22.7. The summed E-state index contributed by atoms with van der Waals surface area (Å²) in [7, 11) is 1.57. The van der Waals surface area contributed by atoms with E-state index in [0.717, 1.165) is 5.56 Å². The molecule has 13 heteroatoms. The topological polar surface area (TPSA) is 173 Å². The molecule has 0 saturated heterocycles. The van der Waals surface area contributed by atoms with Crippen LogP contribution in [-0.4, -0.2) is 80.1 Å². The van der Waals surface area contributed by atoms with E-state index in [4.69, 9.17) is 14.2 Å². The fourth-order valence-electron chi connectivity index (χ4n) is 5.08. The second kappa shape index (κ2) is 17.4. The number of carbonyl (C=O) groups is 5. The van der Waals surface area contributed by atoms with Crippen LogP contribution >= 0.6 is 0 Å². The quantitative estimate of drug-likeness (QED) is 0.253. The molecule has 1 aliphatic heterocycles. The van der Waals surface area contributed by atoms with E-state index in [9.17, 15) is 24.0 Å². The van der Waals surface area contributed by atoms with Gasteiger partial charge in [0.2, 0.25) is 23.6 Å². The van der Waals surface area contributed by atoms with Crippen LogP contribution in [0.1, 0.15) is 70.3 Å². The van der Waals surface area contributed by atoms with E-state index in [-0.39, 0.29) is 30.4 Å². The predicted molar refractivity (Wildman–Crippen MR) is 180 cm³/mol. The zero-order valence-electron chi connectivity index (χ0n) is 28.9. The van der Waals surface area contributed by atoms with Gasteiger partial charge in [-0.2, -0.15) is 0 Å². The standard InChI is InChI=1S/C35H49N5O8/c1-8-47-27-16-15-23(18-28(27)46-7)12-11-17-36-32(43)25-19-29(41)40-35(5,6)34(45)39-30(21(2)3)33(44)37-22(4)20-48-26-14-10-9-13-24(26)31(42)38-25/h9-10,13-16,18,21-22,25,30H,8,11-12,17,19-20H2,1-7H3,(H,36,43)(H,37,44)(H,38,42)(H,39,45)(H,40,41)/t22-,25-,30+/m0/s1. The Morgan fingerprint density at radius 3 is 2.46 bits per heavy atom. The monoisotopic (exact) mass is 667 g/mol. The SMILES string of the molecule is CCOc1ccc(CCCNC(=O)[C@@H]2CC(=O)NC(C)(C)C(=O)N[C@H](C(C)C)C(=O)N[C@@H](C)COc3ccccc3C(=O)N2)cc1OC.